The Hall–Kier alpha value is -5.60. The highest BCUT2D eigenvalue weighted by atomic mass is 15.0. The van der Waals surface area contributed by atoms with Crippen LogP contribution in [0.5, 0.6) is 0 Å². The number of para-hydroxylation sites is 2. The van der Waals surface area contributed by atoms with Gasteiger partial charge in [-0.05, 0) is 138 Å². The third kappa shape index (κ3) is 4.05. The molecule has 51 heavy (non-hydrogen) atoms. The molecule has 0 aliphatic heterocycles. The second-order valence-corrected chi connectivity index (χ2v) is 15.8. The summed E-state index contributed by atoms with van der Waals surface area (Å²) >= 11 is 0. The molecule has 2 aromatic heterocycles. The largest absolute Gasteiger partial charge is 0.309 e. The highest BCUT2D eigenvalue weighted by molar-refractivity contribution is 6.19. The van der Waals surface area contributed by atoms with Crippen molar-refractivity contribution in [3.05, 3.63) is 157 Å². The van der Waals surface area contributed by atoms with Crippen molar-refractivity contribution in [2.45, 2.75) is 43.9 Å². The lowest BCUT2D eigenvalue weighted by molar-refractivity contribution is 0.166. The van der Waals surface area contributed by atoms with Gasteiger partial charge in [0.2, 0.25) is 0 Å². The Morgan fingerprint density at radius 2 is 1.00 bits per heavy atom. The molecule has 0 saturated heterocycles. The zero-order valence-corrected chi connectivity index (χ0v) is 28.6. The maximum absolute atomic E-state index is 2.59. The Labute approximate surface area is 297 Å². The van der Waals surface area contributed by atoms with Crippen molar-refractivity contribution >= 4 is 54.4 Å². The van der Waals surface area contributed by atoms with Crippen molar-refractivity contribution in [1.82, 2.24) is 9.13 Å². The lowest BCUT2D eigenvalue weighted by Crippen LogP contribution is -2.25. The highest BCUT2D eigenvalue weighted by Gasteiger charge is 2.42. The Morgan fingerprint density at radius 1 is 0.373 bits per heavy atom. The molecule has 4 aliphatic carbocycles. The molecule has 0 radical (unpaired) electrons. The number of benzene rings is 7. The van der Waals surface area contributed by atoms with E-state index in [1.807, 2.05) is 0 Å². The van der Waals surface area contributed by atoms with Gasteiger partial charge >= 0.3 is 0 Å². The minimum atomic E-state index is 0.733. The molecule has 2 heterocycles. The Bertz CT molecular complexity index is 2860. The molecule has 7 aromatic carbocycles. The fourth-order valence-corrected chi connectivity index (χ4v) is 11.0. The Balaban J connectivity index is 1.04. The predicted octanol–water partition coefficient (Wildman–Crippen LogP) is 13.1. The Morgan fingerprint density at radius 3 is 1.78 bits per heavy atom. The van der Waals surface area contributed by atoms with Crippen molar-refractivity contribution in [2.24, 2.45) is 11.8 Å². The molecular formula is C49H38N2. The van der Waals surface area contributed by atoms with E-state index in [0.29, 0.717) is 0 Å². The molecule has 2 atom stereocenters. The van der Waals surface area contributed by atoms with Gasteiger partial charge in [0.05, 0.1) is 22.1 Å². The standard InChI is InChI=1S/C49H38N2/c1-2-9-37(10-3-1)51-48-21-16-34(28-45(48)42-18-14-32-8-4-5-11-40(32)49(42)51)33-15-20-47-44(27-33)41-12-6-7-13-46(41)50(47)38-17-19-39-35-23-30-22-31(24-35)26-36(25-30)43(39)29-38/h1-21,27-31,35-36H,22-26H2. The monoisotopic (exact) mass is 654 g/mol. The van der Waals surface area contributed by atoms with E-state index in [9.17, 15) is 0 Å². The fourth-order valence-electron chi connectivity index (χ4n) is 11.0. The van der Waals surface area contributed by atoms with Gasteiger partial charge in [0.1, 0.15) is 0 Å². The van der Waals surface area contributed by atoms with Gasteiger partial charge in [-0.2, -0.15) is 0 Å². The van der Waals surface area contributed by atoms with Crippen LogP contribution < -0.4 is 0 Å². The average Bonchev–Trinajstić information content (AvgIpc) is 3.64. The molecule has 2 fully saturated rings. The molecule has 2 saturated carbocycles. The number of aromatic nitrogens is 2. The molecule has 0 spiro atoms. The molecule has 244 valence electrons. The normalized spacial score (nSPS) is 20.9. The summed E-state index contributed by atoms with van der Waals surface area (Å²) in [6, 6.07) is 54.9. The zero-order chi connectivity index (χ0) is 33.2. The van der Waals surface area contributed by atoms with E-state index >= 15 is 0 Å². The maximum atomic E-state index is 2.59. The first-order valence-corrected chi connectivity index (χ1v) is 18.9. The number of rotatable bonds is 3. The average molecular weight is 655 g/mol. The highest BCUT2D eigenvalue weighted by Crippen LogP contribution is 2.56. The number of fused-ring (bicyclic) bond motifs is 8. The lowest BCUT2D eigenvalue weighted by Gasteiger charge is -2.38. The fraction of sp³-hybridized carbons (Fsp3) is 0.184. The molecule has 4 aliphatic rings. The van der Waals surface area contributed by atoms with Crippen LogP contribution in [0.25, 0.3) is 76.9 Å². The van der Waals surface area contributed by atoms with E-state index in [4.69, 9.17) is 0 Å². The molecule has 0 N–H and O–H groups in total. The van der Waals surface area contributed by atoms with Gasteiger partial charge in [-0.3, -0.25) is 0 Å². The van der Waals surface area contributed by atoms with Crippen LogP contribution in [0.15, 0.2) is 146 Å². The molecular weight excluding hydrogens is 617 g/mol. The van der Waals surface area contributed by atoms with E-state index < -0.39 is 0 Å². The predicted molar refractivity (Wildman–Crippen MR) is 214 cm³/mol. The third-order valence-corrected chi connectivity index (χ3v) is 13.0. The van der Waals surface area contributed by atoms with Crippen molar-refractivity contribution in [1.29, 1.82) is 0 Å². The van der Waals surface area contributed by atoms with Crippen LogP contribution in [0.1, 0.15) is 55.1 Å². The van der Waals surface area contributed by atoms with Crippen LogP contribution in [-0.4, -0.2) is 9.13 Å². The molecule has 2 unspecified atom stereocenters. The minimum absolute atomic E-state index is 0.733. The zero-order valence-electron chi connectivity index (χ0n) is 28.6. The van der Waals surface area contributed by atoms with Gasteiger partial charge in [0, 0.05) is 38.3 Å². The number of hydrogen-bond acceptors (Lipinski definition) is 0. The summed E-state index contributed by atoms with van der Waals surface area (Å²) in [4.78, 5) is 0. The van der Waals surface area contributed by atoms with Crippen LogP contribution in [0.4, 0.5) is 0 Å². The van der Waals surface area contributed by atoms with Crippen molar-refractivity contribution in [3.8, 4) is 22.5 Å². The molecule has 2 heteroatoms. The van der Waals surface area contributed by atoms with Gasteiger partial charge in [-0.15, -0.1) is 0 Å². The second kappa shape index (κ2) is 10.5. The maximum Gasteiger partial charge on any atom is 0.0619 e. The van der Waals surface area contributed by atoms with E-state index in [1.165, 1.54) is 109 Å². The van der Waals surface area contributed by atoms with E-state index in [1.54, 1.807) is 11.1 Å². The van der Waals surface area contributed by atoms with Crippen LogP contribution in [0.2, 0.25) is 0 Å². The Kier molecular flexibility index (Phi) is 5.77. The van der Waals surface area contributed by atoms with Crippen LogP contribution in [0, 0.1) is 11.8 Å². The van der Waals surface area contributed by atoms with E-state index in [2.05, 4.69) is 155 Å². The first kappa shape index (κ1) is 28.1. The molecule has 0 amide bonds. The summed E-state index contributed by atoms with van der Waals surface area (Å²) in [5.74, 6) is 3.37. The quantitative estimate of drug-likeness (QED) is 0.179. The molecule has 2 nitrogen and oxygen atoms in total. The third-order valence-electron chi connectivity index (χ3n) is 13.0. The van der Waals surface area contributed by atoms with Crippen molar-refractivity contribution in [3.63, 3.8) is 0 Å². The minimum Gasteiger partial charge on any atom is -0.309 e. The molecule has 13 rings (SSSR count). The topological polar surface area (TPSA) is 9.86 Å². The van der Waals surface area contributed by atoms with Gasteiger partial charge in [-0.1, -0.05) is 91.0 Å². The smallest absolute Gasteiger partial charge is 0.0619 e. The van der Waals surface area contributed by atoms with Crippen LogP contribution in [0.3, 0.4) is 0 Å². The van der Waals surface area contributed by atoms with Crippen molar-refractivity contribution in [2.75, 3.05) is 0 Å². The second-order valence-electron chi connectivity index (χ2n) is 15.8. The number of hydrogen-bond donors (Lipinski definition) is 0. The SMILES string of the molecule is c1ccc(-n2c3ccc(-c4ccc5c(c4)c4ccccc4n5-c4ccc5c(c4)C4CC6CC(CC5C6)C4)cc3c3ccc4ccccc4c32)cc1. The summed E-state index contributed by atoms with van der Waals surface area (Å²) in [7, 11) is 0. The summed E-state index contributed by atoms with van der Waals surface area (Å²) in [5, 5.41) is 7.75. The first-order valence-electron chi connectivity index (χ1n) is 18.9. The molecule has 4 bridgehead atoms. The van der Waals surface area contributed by atoms with Gasteiger partial charge in [0.15, 0.2) is 0 Å². The van der Waals surface area contributed by atoms with Crippen LogP contribution >= 0.6 is 0 Å². The van der Waals surface area contributed by atoms with Gasteiger partial charge in [0.25, 0.3) is 0 Å². The van der Waals surface area contributed by atoms with Crippen LogP contribution in [-0.2, 0) is 0 Å². The summed E-state index contributed by atoms with van der Waals surface area (Å²) in [6.07, 6.45) is 7.08. The number of nitrogens with zero attached hydrogens (tertiary/aromatic N) is 2. The first-order chi connectivity index (χ1) is 25.2. The van der Waals surface area contributed by atoms with Gasteiger partial charge in [-0.25, -0.2) is 0 Å². The van der Waals surface area contributed by atoms with Crippen molar-refractivity contribution < 1.29 is 0 Å². The summed E-state index contributed by atoms with van der Waals surface area (Å²) in [5.41, 5.74) is 13.4. The molecule has 9 aromatic rings. The van der Waals surface area contributed by atoms with E-state index in [0.717, 1.165) is 23.7 Å². The summed E-state index contributed by atoms with van der Waals surface area (Å²) < 4.78 is 4.98. The van der Waals surface area contributed by atoms with Gasteiger partial charge < -0.3 is 9.13 Å². The lowest BCUT2D eigenvalue weighted by atomic mass is 9.67. The summed E-state index contributed by atoms with van der Waals surface area (Å²) in [6.45, 7) is 0. The van der Waals surface area contributed by atoms with E-state index in [-0.39, 0.29) is 0 Å².